The zero-order valence-electron chi connectivity index (χ0n) is 13.7. The van der Waals surface area contributed by atoms with E-state index in [1.165, 1.54) is 12.2 Å². The molecule has 0 saturated heterocycles. The first-order valence-corrected chi connectivity index (χ1v) is 7.73. The van der Waals surface area contributed by atoms with Crippen molar-refractivity contribution < 1.29 is 32.2 Å². The van der Waals surface area contributed by atoms with Gasteiger partial charge >= 0.3 is 0 Å². The van der Waals surface area contributed by atoms with Gasteiger partial charge in [0.05, 0.1) is 12.2 Å². The number of hydrogen-bond donors (Lipinski definition) is 2. The maximum Gasteiger partial charge on any atom is 0.244 e. The first-order valence-electron chi connectivity index (χ1n) is 7.73. The molecule has 0 bridgehead atoms. The predicted octanol–water partition coefficient (Wildman–Crippen LogP) is 2.60. The lowest BCUT2D eigenvalue weighted by Crippen LogP contribution is -2.32. The van der Waals surface area contributed by atoms with Crippen molar-refractivity contribution in [1.82, 2.24) is 5.32 Å². The summed E-state index contributed by atoms with van der Waals surface area (Å²) in [5.41, 5.74) is 0.159. The lowest BCUT2D eigenvalue weighted by atomic mass is 10.2. The molecule has 0 aromatic heterocycles. The van der Waals surface area contributed by atoms with E-state index in [9.17, 15) is 22.8 Å². The lowest BCUT2D eigenvalue weighted by molar-refractivity contribution is -0.121. The van der Waals surface area contributed by atoms with Gasteiger partial charge in [0, 0.05) is 6.08 Å². The zero-order chi connectivity index (χ0) is 19.4. The highest BCUT2D eigenvalue weighted by Gasteiger charge is 2.15. The lowest BCUT2D eigenvalue weighted by Gasteiger charge is -2.07. The Balaban J connectivity index is 1.51. The van der Waals surface area contributed by atoms with E-state index in [2.05, 4.69) is 5.32 Å². The van der Waals surface area contributed by atoms with Gasteiger partial charge in [0.25, 0.3) is 0 Å². The van der Waals surface area contributed by atoms with Gasteiger partial charge in [-0.3, -0.25) is 9.59 Å². The van der Waals surface area contributed by atoms with Crippen molar-refractivity contribution in [2.45, 2.75) is 0 Å². The largest absolute Gasteiger partial charge is 0.454 e. The summed E-state index contributed by atoms with van der Waals surface area (Å²) in [4.78, 5) is 23.5. The Bertz CT molecular complexity index is 931. The van der Waals surface area contributed by atoms with E-state index in [4.69, 9.17) is 9.47 Å². The molecule has 0 aliphatic carbocycles. The van der Waals surface area contributed by atoms with Gasteiger partial charge in [-0.2, -0.15) is 0 Å². The molecule has 3 rings (SSSR count). The molecule has 0 radical (unpaired) electrons. The summed E-state index contributed by atoms with van der Waals surface area (Å²) < 4.78 is 49.8. The molecule has 0 spiro atoms. The average molecular weight is 378 g/mol. The number of nitrogens with one attached hydrogen (secondary N) is 2. The highest BCUT2D eigenvalue weighted by Crippen LogP contribution is 2.32. The monoisotopic (exact) mass is 378 g/mol. The third kappa shape index (κ3) is 4.38. The fraction of sp³-hybridized carbons (Fsp3) is 0.111. The molecule has 0 fully saturated rings. The Hall–Kier alpha value is -3.49. The van der Waals surface area contributed by atoms with Gasteiger partial charge in [0.15, 0.2) is 29.0 Å². The van der Waals surface area contributed by atoms with Crippen LogP contribution in [-0.4, -0.2) is 25.2 Å². The van der Waals surface area contributed by atoms with Gasteiger partial charge in [-0.05, 0) is 35.9 Å². The zero-order valence-corrected chi connectivity index (χ0v) is 13.7. The Kier molecular flexibility index (Phi) is 5.30. The first kappa shape index (κ1) is 18.3. The summed E-state index contributed by atoms with van der Waals surface area (Å²) in [6.45, 7) is -0.348. The number of halogens is 3. The molecule has 0 atom stereocenters. The van der Waals surface area contributed by atoms with Crippen molar-refractivity contribution in [1.29, 1.82) is 0 Å². The Morgan fingerprint density at radius 2 is 1.81 bits per heavy atom. The summed E-state index contributed by atoms with van der Waals surface area (Å²) in [5.74, 6) is -4.78. The van der Waals surface area contributed by atoms with Crippen molar-refractivity contribution >= 4 is 23.6 Å². The van der Waals surface area contributed by atoms with Crippen LogP contribution in [0.1, 0.15) is 5.56 Å². The topological polar surface area (TPSA) is 76.7 Å². The van der Waals surface area contributed by atoms with Gasteiger partial charge in [-0.25, -0.2) is 13.2 Å². The summed E-state index contributed by atoms with van der Waals surface area (Å²) >= 11 is 0. The second kappa shape index (κ2) is 7.81. The molecule has 9 heteroatoms. The molecular weight excluding hydrogens is 365 g/mol. The molecule has 2 amide bonds. The van der Waals surface area contributed by atoms with Gasteiger partial charge in [-0.15, -0.1) is 0 Å². The van der Waals surface area contributed by atoms with Crippen molar-refractivity contribution in [2.24, 2.45) is 0 Å². The summed E-state index contributed by atoms with van der Waals surface area (Å²) in [6.07, 6.45) is 2.70. The first-order chi connectivity index (χ1) is 12.9. The Morgan fingerprint density at radius 1 is 1.04 bits per heavy atom. The molecule has 1 aliphatic rings. The molecular formula is C18H13F3N2O4. The number of amides is 2. The third-order valence-electron chi connectivity index (χ3n) is 3.56. The quantitative estimate of drug-likeness (QED) is 0.620. The smallest absolute Gasteiger partial charge is 0.244 e. The number of carbonyl (C=O) groups is 2. The number of rotatable bonds is 5. The van der Waals surface area contributed by atoms with E-state index >= 15 is 0 Å². The fourth-order valence-corrected chi connectivity index (χ4v) is 2.23. The summed E-state index contributed by atoms with van der Waals surface area (Å²) in [6, 6.07) is 6.66. The normalized spacial score (nSPS) is 12.3. The van der Waals surface area contributed by atoms with Crippen molar-refractivity contribution in [2.75, 3.05) is 18.7 Å². The molecule has 0 saturated carbocycles. The van der Waals surface area contributed by atoms with E-state index in [1.807, 2.05) is 5.32 Å². The number of fused-ring (bicyclic) bond motifs is 1. The van der Waals surface area contributed by atoms with Crippen LogP contribution in [0, 0.1) is 17.5 Å². The highest BCUT2D eigenvalue weighted by atomic mass is 19.2. The molecule has 2 aromatic rings. The number of carbonyl (C=O) groups excluding carboxylic acids is 2. The standard InChI is InChI=1S/C18H13F3N2O4/c19-11-3-4-12(18(21)17(11)20)23-16(25)8-22-15(24)6-2-10-1-5-13-14(7-10)27-9-26-13/h1-7H,8-9H2,(H,22,24)(H,23,25)/b6-2+. The molecule has 0 unspecified atom stereocenters. The van der Waals surface area contributed by atoms with Crippen LogP contribution in [0.5, 0.6) is 11.5 Å². The summed E-state index contributed by atoms with van der Waals surface area (Å²) in [7, 11) is 0. The summed E-state index contributed by atoms with van der Waals surface area (Å²) in [5, 5.41) is 4.33. The van der Waals surface area contributed by atoms with Crippen LogP contribution in [0.2, 0.25) is 0 Å². The molecule has 27 heavy (non-hydrogen) atoms. The van der Waals surface area contributed by atoms with Crippen LogP contribution in [-0.2, 0) is 9.59 Å². The number of ether oxygens (including phenoxy) is 2. The second-order valence-electron chi connectivity index (χ2n) is 5.43. The molecule has 1 heterocycles. The minimum Gasteiger partial charge on any atom is -0.454 e. The van der Waals surface area contributed by atoms with Crippen LogP contribution in [0.15, 0.2) is 36.4 Å². The number of hydrogen-bond acceptors (Lipinski definition) is 4. The van der Waals surface area contributed by atoms with E-state index in [0.717, 1.165) is 6.07 Å². The van der Waals surface area contributed by atoms with Crippen molar-refractivity contribution in [3.63, 3.8) is 0 Å². The van der Waals surface area contributed by atoms with Crippen LogP contribution < -0.4 is 20.1 Å². The molecule has 2 N–H and O–H groups in total. The SMILES string of the molecule is O=C(/C=C/c1ccc2c(c1)OCO2)NCC(=O)Nc1ccc(F)c(F)c1F. The Morgan fingerprint density at radius 3 is 2.63 bits per heavy atom. The van der Waals surface area contributed by atoms with Gasteiger partial charge in [0.1, 0.15) is 0 Å². The van der Waals surface area contributed by atoms with Crippen LogP contribution in [0.25, 0.3) is 6.08 Å². The number of benzene rings is 2. The minimum absolute atomic E-state index is 0.136. The van der Waals surface area contributed by atoms with Crippen LogP contribution in [0.3, 0.4) is 0 Å². The maximum absolute atomic E-state index is 13.5. The van der Waals surface area contributed by atoms with Gasteiger partial charge in [-0.1, -0.05) is 6.07 Å². The van der Waals surface area contributed by atoms with Crippen molar-refractivity contribution in [3.8, 4) is 11.5 Å². The molecule has 6 nitrogen and oxygen atoms in total. The highest BCUT2D eigenvalue weighted by molar-refractivity contribution is 5.98. The van der Waals surface area contributed by atoms with Gasteiger partial charge in [0.2, 0.25) is 18.6 Å². The minimum atomic E-state index is -1.69. The maximum atomic E-state index is 13.5. The fourth-order valence-electron chi connectivity index (χ4n) is 2.23. The molecule has 1 aliphatic heterocycles. The van der Waals surface area contributed by atoms with Crippen molar-refractivity contribution in [3.05, 3.63) is 59.4 Å². The van der Waals surface area contributed by atoms with E-state index in [-0.39, 0.29) is 6.79 Å². The van der Waals surface area contributed by atoms with Crippen LogP contribution >= 0.6 is 0 Å². The second-order valence-corrected chi connectivity index (χ2v) is 5.43. The van der Waals surface area contributed by atoms with E-state index in [0.29, 0.717) is 23.1 Å². The van der Waals surface area contributed by atoms with E-state index in [1.54, 1.807) is 18.2 Å². The molecule has 140 valence electrons. The van der Waals surface area contributed by atoms with E-state index < -0.39 is 41.5 Å². The predicted molar refractivity (Wildman–Crippen MR) is 89.6 cm³/mol. The van der Waals surface area contributed by atoms with Gasteiger partial charge < -0.3 is 20.1 Å². The number of anilines is 1. The third-order valence-corrected chi connectivity index (χ3v) is 3.56. The molecule has 2 aromatic carbocycles. The van der Waals surface area contributed by atoms with Crippen LogP contribution in [0.4, 0.5) is 18.9 Å². The average Bonchev–Trinajstić information content (AvgIpc) is 3.13. The Labute approximate surface area is 151 Å².